The smallest absolute Gasteiger partial charge is 0.404 e. The Labute approximate surface area is 179 Å². The molecule has 1 amide bonds. The van der Waals surface area contributed by atoms with Gasteiger partial charge in [0.15, 0.2) is 0 Å². The second-order valence-corrected chi connectivity index (χ2v) is 8.61. The molecule has 0 saturated heterocycles. The van der Waals surface area contributed by atoms with Crippen molar-refractivity contribution in [2.75, 3.05) is 11.9 Å². The van der Waals surface area contributed by atoms with Crippen LogP contribution in [0, 0.1) is 5.82 Å². The molecule has 9 heteroatoms. The molecule has 0 unspecified atom stereocenters. The Balaban J connectivity index is 1.81. The van der Waals surface area contributed by atoms with E-state index >= 15 is 0 Å². The molecule has 1 heterocycles. The van der Waals surface area contributed by atoms with Crippen molar-refractivity contribution in [3.8, 4) is 0 Å². The number of carbonyl (C=O) groups is 1. The molecule has 0 aliphatic heterocycles. The SMILES string of the molecule is O=C(O)NCCn1c(=O)c2cc(F)c(NC3CCCCC3)cc2n(C2CCCC2)c1=O. The zero-order chi connectivity index (χ0) is 22.0. The second-order valence-electron chi connectivity index (χ2n) is 8.61. The van der Waals surface area contributed by atoms with Crippen LogP contribution in [0.2, 0.25) is 0 Å². The second kappa shape index (κ2) is 9.11. The summed E-state index contributed by atoms with van der Waals surface area (Å²) < 4.78 is 17.6. The Bertz CT molecular complexity index is 1080. The van der Waals surface area contributed by atoms with Gasteiger partial charge in [-0.3, -0.25) is 13.9 Å². The van der Waals surface area contributed by atoms with Gasteiger partial charge in [0.25, 0.3) is 5.56 Å². The summed E-state index contributed by atoms with van der Waals surface area (Å²) in [4.78, 5) is 37.1. The fraction of sp³-hybridized carbons (Fsp3) is 0.591. The molecule has 2 aliphatic carbocycles. The predicted octanol–water partition coefficient (Wildman–Crippen LogP) is 3.43. The standard InChI is InChI=1S/C22H29FN4O4/c23-17-12-16-19(13-18(17)25-14-6-2-1-3-7-14)27(15-8-4-5-9-15)22(31)26(20(16)28)11-10-24-21(29)30/h12-15,24-25H,1-11H2,(H,29,30). The Hall–Kier alpha value is -2.84. The number of anilines is 1. The average Bonchev–Trinajstić information content (AvgIpc) is 3.27. The lowest BCUT2D eigenvalue weighted by Gasteiger charge is -2.25. The van der Waals surface area contributed by atoms with E-state index < -0.39 is 23.2 Å². The largest absolute Gasteiger partial charge is 0.465 e. The minimum Gasteiger partial charge on any atom is -0.465 e. The molecule has 1 aromatic carbocycles. The summed E-state index contributed by atoms with van der Waals surface area (Å²) in [5, 5.41) is 14.4. The number of nitrogens with zero attached hydrogens (tertiary/aromatic N) is 2. The molecule has 8 nitrogen and oxygen atoms in total. The van der Waals surface area contributed by atoms with Crippen LogP contribution in [0.4, 0.5) is 14.9 Å². The number of aromatic nitrogens is 2. The van der Waals surface area contributed by atoms with Crippen LogP contribution in [0.25, 0.3) is 10.9 Å². The van der Waals surface area contributed by atoms with E-state index in [1.807, 2.05) is 0 Å². The van der Waals surface area contributed by atoms with E-state index in [0.29, 0.717) is 11.2 Å². The number of carboxylic acid groups (broad SMARTS) is 1. The monoisotopic (exact) mass is 432 g/mol. The van der Waals surface area contributed by atoms with Gasteiger partial charge in [0.1, 0.15) is 5.82 Å². The van der Waals surface area contributed by atoms with Gasteiger partial charge in [0.05, 0.1) is 16.6 Å². The zero-order valence-electron chi connectivity index (χ0n) is 17.5. The van der Waals surface area contributed by atoms with Gasteiger partial charge in [-0.2, -0.15) is 0 Å². The van der Waals surface area contributed by atoms with E-state index in [0.717, 1.165) is 55.9 Å². The molecule has 168 valence electrons. The van der Waals surface area contributed by atoms with Crippen molar-refractivity contribution in [1.82, 2.24) is 14.5 Å². The Kier molecular flexibility index (Phi) is 6.29. The summed E-state index contributed by atoms with van der Waals surface area (Å²) in [5.41, 5.74) is -0.282. The maximum atomic E-state index is 15.0. The highest BCUT2D eigenvalue weighted by molar-refractivity contribution is 5.82. The van der Waals surface area contributed by atoms with Gasteiger partial charge >= 0.3 is 11.8 Å². The van der Waals surface area contributed by atoms with Crippen molar-refractivity contribution >= 4 is 22.7 Å². The van der Waals surface area contributed by atoms with E-state index in [2.05, 4.69) is 10.6 Å². The molecule has 31 heavy (non-hydrogen) atoms. The molecule has 3 N–H and O–H groups in total. The van der Waals surface area contributed by atoms with Crippen molar-refractivity contribution < 1.29 is 14.3 Å². The molecule has 2 aromatic rings. The van der Waals surface area contributed by atoms with Gasteiger partial charge in [-0.25, -0.2) is 14.0 Å². The first-order valence-corrected chi connectivity index (χ1v) is 11.2. The van der Waals surface area contributed by atoms with Crippen molar-refractivity contribution in [3.63, 3.8) is 0 Å². The third-order valence-corrected chi connectivity index (χ3v) is 6.52. The summed E-state index contributed by atoms with van der Waals surface area (Å²) in [6, 6.07) is 2.96. The summed E-state index contributed by atoms with van der Waals surface area (Å²) in [7, 11) is 0. The first kappa shape index (κ1) is 21.4. The van der Waals surface area contributed by atoms with E-state index in [1.54, 1.807) is 10.6 Å². The number of benzene rings is 1. The van der Waals surface area contributed by atoms with Crippen molar-refractivity contribution in [2.24, 2.45) is 0 Å². The minimum absolute atomic E-state index is 0.0534. The first-order chi connectivity index (χ1) is 15.0. The highest BCUT2D eigenvalue weighted by Gasteiger charge is 2.25. The summed E-state index contributed by atoms with van der Waals surface area (Å²) >= 11 is 0. The third kappa shape index (κ3) is 4.45. The number of amides is 1. The first-order valence-electron chi connectivity index (χ1n) is 11.2. The number of nitrogens with one attached hydrogen (secondary N) is 2. The lowest BCUT2D eigenvalue weighted by molar-refractivity contribution is 0.194. The molecule has 4 rings (SSSR count). The number of halogens is 1. The zero-order valence-corrected chi connectivity index (χ0v) is 17.5. The minimum atomic E-state index is -1.23. The lowest BCUT2D eigenvalue weighted by atomic mass is 9.95. The maximum Gasteiger partial charge on any atom is 0.404 e. The molecule has 0 atom stereocenters. The van der Waals surface area contributed by atoms with E-state index in [9.17, 15) is 18.8 Å². The molecular formula is C22H29FN4O4. The van der Waals surface area contributed by atoms with Gasteiger partial charge < -0.3 is 15.7 Å². The third-order valence-electron chi connectivity index (χ3n) is 6.52. The molecule has 0 radical (unpaired) electrons. The molecule has 2 saturated carbocycles. The molecule has 0 bridgehead atoms. The van der Waals surface area contributed by atoms with Gasteiger partial charge in [0.2, 0.25) is 0 Å². The normalized spacial score (nSPS) is 17.8. The van der Waals surface area contributed by atoms with E-state index in [-0.39, 0.29) is 30.6 Å². The molecule has 2 aliphatic rings. The Morgan fingerprint density at radius 2 is 1.74 bits per heavy atom. The highest BCUT2D eigenvalue weighted by atomic mass is 19.1. The fourth-order valence-electron chi connectivity index (χ4n) is 4.96. The quantitative estimate of drug-likeness (QED) is 0.649. The van der Waals surface area contributed by atoms with Crippen molar-refractivity contribution in [3.05, 3.63) is 38.8 Å². The topological polar surface area (TPSA) is 105 Å². The van der Waals surface area contributed by atoms with Crippen LogP contribution in [0.15, 0.2) is 21.7 Å². The fourth-order valence-corrected chi connectivity index (χ4v) is 4.96. The van der Waals surface area contributed by atoms with E-state index in [1.165, 1.54) is 12.5 Å². The molecule has 1 aromatic heterocycles. The van der Waals surface area contributed by atoms with Gasteiger partial charge in [-0.15, -0.1) is 0 Å². The predicted molar refractivity (Wildman–Crippen MR) is 116 cm³/mol. The number of rotatable bonds is 6. The number of hydrogen-bond acceptors (Lipinski definition) is 4. The lowest BCUT2D eigenvalue weighted by Crippen LogP contribution is -2.43. The molecular weight excluding hydrogens is 403 g/mol. The summed E-state index contributed by atoms with van der Waals surface area (Å²) in [6.07, 6.45) is 7.76. The van der Waals surface area contributed by atoms with E-state index in [4.69, 9.17) is 5.11 Å². The van der Waals surface area contributed by atoms with Crippen LogP contribution < -0.4 is 21.9 Å². The Morgan fingerprint density at radius 3 is 2.42 bits per heavy atom. The average molecular weight is 432 g/mol. The Morgan fingerprint density at radius 1 is 1.06 bits per heavy atom. The molecule has 2 fully saturated rings. The highest BCUT2D eigenvalue weighted by Crippen LogP contribution is 2.32. The van der Waals surface area contributed by atoms with Crippen LogP contribution >= 0.6 is 0 Å². The number of fused-ring (bicyclic) bond motifs is 1. The van der Waals surface area contributed by atoms with Crippen LogP contribution in [-0.2, 0) is 6.54 Å². The maximum absolute atomic E-state index is 15.0. The van der Waals surface area contributed by atoms with Gasteiger partial charge in [-0.1, -0.05) is 32.1 Å². The van der Waals surface area contributed by atoms with Crippen LogP contribution in [0.3, 0.4) is 0 Å². The summed E-state index contributed by atoms with van der Waals surface area (Å²) in [5.74, 6) is -0.512. The van der Waals surface area contributed by atoms with Crippen LogP contribution in [-0.4, -0.2) is 32.9 Å². The van der Waals surface area contributed by atoms with Crippen LogP contribution in [0.1, 0.15) is 63.8 Å². The van der Waals surface area contributed by atoms with Gasteiger partial charge in [0, 0.05) is 25.2 Å². The molecule has 0 spiro atoms. The van der Waals surface area contributed by atoms with Crippen LogP contribution in [0.5, 0.6) is 0 Å². The number of hydrogen-bond donors (Lipinski definition) is 3. The van der Waals surface area contributed by atoms with Gasteiger partial charge in [-0.05, 0) is 37.8 Å². The summed E-state index contributed by atoms with van der Waals surface area (Å²) in [6.45, 7) is -0.180. The van der Waals surface area contributed by atoms with Crippen molar-refractivity contribution in [1.29, 1.82) is 0 Å². The van der Waals surface area contributed by atoms with Crippen molar-refractivity contribution in [2.45, 2.75) is 76.4 Å².